The van der Waals surface area contributed by atoms with Crippen molar-refractivity contribution in [3.63, 3.8) is 0 Å². The molecule has 1 N–H and O–H groups in total. The van der Waals surface area contributed by atoms with E-state index in [4.69, 9.17) is 4.74 Å². The van der Waals surface area contributed by atoms with Gasteiger partial charge in [-0.25, -0.2) is 10.4 Å². The van der Waals surface area contributed by atoms with Crippen LogP contribution in [0.25, 0.3) is 10.2 Å². The number of non-ortho nitro benzene ring substituents is 1. The van der Waals surface area contributed by atoms with E-state index in [-0.39, 0.29) is 5.69 Å². The van der Waals surface area contributed by atoms with Crippen LogP contribution in [0.15, 0.2) is 23.3 Å². The van der Waals surface area contributed by atoms with Crippen LogP contribution < -0.4 is 5.43 Å². The Morgan fingerprint density at radius 1 is 1.67 bits per heavy atom. The van der Waals surface area contributed by atoms with Gasteiger partial charge in [0.05, 0.1) is 21.7 Å². The molecule has 1 aromatic heterocycles. The normalized spacial score (nSPS) is 10.9. The van der Waals surface area contributed by atoms with E-state index in [9.17, 15) is 10.1 Å². The lowest BCUT2D eigenvalue weighted by molar-refractivity contribution is -0.384. The van der Waals surface area contributed by atoms with Gasteiger partial charge in [-0.2, -0.15) is 0 Å². The number of benzene rings is 1. The Kier molecular flexibility index (Phi) is 3.68. The third-order valence-corrected chi connectivity index (χ3v) is 2.96. The zero-order valence-electron chi connectivity index (χ0n) is 9.49. The van der Waals surface area contributed by atoms with E-state index in [0.29, 0.717) is 17.3 Å². The number of ether oxygens (including phenoxy) is 1. The summed E-state index contributed by atoms with van der Waals surface area (Å²) in [5.74, 6) is 0. The van der Waals surface area contributed by atoms with Gasteiger partial charge in [0.2, 0.25) is 5.13 Å². The summed E-state index contributed by atoms with van der Waals surface area (Å²) >= 11 is 1.29. The molecular formula is C10H10N4O3S. The van der Waals surface area contributed by atoms with Crippen LogP contribution in [0.3, 0.4) is 0 Å². The molecule has 1 heterocycles. The first kappa shape index (κ1) is 12.2. The van der Waals surface area contributed by atoms with Crippen molar-refractivity contribution in [1.82, 2.24) is 4.98 Å². The lowest BCUT2D eigenvalue weighted by atomic mass is 10.3. The molecule has 0 aliphatic rings. The Morgan fingerprint density at radius 2 is 2.50 bits per heavy atom. The summed E-state index contributed by atoms with van der Waals surface area (Å²) in [7, 11) is 0. The number of hydrogen-bond acceptors (Lipinski definition) is 7. The summed E-state index contributed by atoms with van der Waals surface area (Å²) in [6.45, 7) is 2.39. The van der Waals surface area contributed by atoms with E-state index < -0.39 is 4.92 Å². The van der Waals surface area contributed by atoms with Gasteiger partial charge in [0.25, 0.3) is 5.69 Å². The maximum atomic E-state index is 10.6. The molecule has 0 saturated carbocycles. The topological polar surface area (TPSA) is 89.7 Å². The standard InChI is InChI=1S/C10H10N4O3S/c1-2-17-6-11-13-10-12-8-4-3-7(14(15)16)5-9(8)18-10/h3-6H,2H2,1H3,(H,12,13). The number of hydrogen-bond donors (Lipinski definition) is 1. The first-order valence-electron chi connectivity index (χ1n) is 5.15. The van der Waals surface area contributed by atoms with Gasteiger partial charge < -0.3 is 4.74 Å². The van der Waals surface area contributed by atoms with Gasteiger partial charge in [0.1, 0.15) is 0 Å². The van der Waals surface area contributed by atoms with Crippen molar-refractivity contribution < 1.29 is 9.66 Å². The lowest BCUT2D eigenvalue weighted by Crippen LogP contribution is -1.91. The molecule has 0 spiro atoms. The molecule has 0 fully saturated rings. The molecular weight excluding hydrogens is 256 g/mol. The Hall–Kier alpha value is -2.22. The van der Waals surface area contributed by atoms with Crippen LogP contribution in [0.4, 0.5) is 10.8 Å². The Balaban J connectivity index is 2.19. The first-order chi connectivity index (χ1) is 8.70. The fourth-order valence-corrected chi connectivity index (χ4v) is 2.12. The second-order valence-electron chi connectivity index (χ2n) is 3.23. The number of fused-ring (bicyclic) bond motifs is 1. The maximum absolute atomic E-state index is 10.6. The highest BCUT2D eigenvalue weighted by molar-refractivity contribution is 7.22. The molecule has 0 aliphatic carbocycles. The van der Waals surface area contributed by atoms with Gasteiger partial charge in [0.15, 0.2) is 6.40 Å². The molecule has 7 nitrogen and oxygen atoms in total. The van der Waals surface area contributed by atoms with Crippen molar-refractivity contribution in [2.24, 2.45) is 5.10 Å². The van der Waals surface area contributed by atoms with Crippen LogP contribution >= 0.6 is 11.3 Å². The minimum atomic E-state index is -0.431. The van der Waals surface area contributed by atoms with Crippen LogP contribution in [0.1, 0.15) is 6.92 Å². The van der Waals surface area contributed by atoms with Gasteiger partial charge in [-0.05, 0) is 13.0 Å². The Labute approximate surface area is 106 Å². The van der Waals surface area contributed by atoms with Gasteiger partial charge in [0, 0.05) is 12.1 Å². The van der Waals surface area contributed by atoms with E-state index >= 15 is 0 Å². The molecule has 2 aromatic rings. The summed E-state index contributed by atoms with van der Waals surface area (Å²) in [6, 6.07) is 4.53. The number of hydrazone groups is 1. The van der Waals surface area contributed by atoms with Crippen molar-refractivity contribution in [3.05, 3.63) is 28.3 Å². The van der Waals surface area contributed by atoms with Crippen molar-refractivity contribution >= 4 is 38.8 Å². The SMILES string of the molecule is CCOC=NNc1nc2ccc([N+](=O)[O-])cc2s1. The van der Waals surface area contributed by atoms with E-state index in [1.165, 1.54) is 29.9 Å². The monoisotopic (exact) mass is 266 g/mol. The fourth-order valence-electron chi connectivity index (χ4n) is 1.27. The molecule has 0 aliphatic heterocycles. The highest BCUT2D eigenvalue weighted by Gasteiger charge is 2.09. The molecule has 2 rings (SSSR count). The molecule has 0 bridgehead atoms. The third-order valence-electron chi connectivity index (χ3n) is 2.04. The largest absolute Gasteiger partial charge is 0.482 e. The quantitative estimate of drug-likeness (QED) is 0.389. The minimum Gasteiger partial charge on any atom is -0.482 e. The van der Waals surface area contributed by atoms with Crippen LogP contribution in [0, 0.1) is 10.1 Å². The van der Waals surface area contributed by atoms with Gasteiger partial charge in [-0.3, -0.25) is 10.1 Å². The Morgan fingerprint density at radius 3 is 3.22 bits per heavy atom. The number of nitrogens with one attached hydrogen (secondary N) is 1. The summed E-state index contributed by atoms with van der Waals surface area (Å²) < 4.78 is 5.65. The van der Waals surface area contributed by atoms with Crippen molar-refractivity contribution in [3.8, 4) is 0 Å². The average molecular weight is 266 g/mol. The highest BCUT2D eigenvalue weighted by Crippen LogP contribution is 2.28. The van der Waals surface area contributed by atoms with Gasteiger partial charge in [-0.15, -0.1) is 5.10 Å². The molecule has 18 heavy (non-hydrogen) atoms. The smallest absolute Gasteiger partial charge is 0.270 e. The van der Waals surface area contributed by atoms with E-state index in [2.05, 4.69) is 15.5 Å². The summed E-state index contributed by atoms with van der Waals surface area (Å²) in [5.41, 5.74) is 3.45. The van der Waals surface area contributed by atoms with Crippen LogP contribution in [0.5, 0.6) is 0 Å². The molecule has 1 aromatic carbocycles. The number of nitrogens with zero attached hydrogens (tertiary/aromatic N) is 3. The number of thiazole rings is 1. The minimum absolute atomic E-state index is 0.0514. The third kappa shape index (κ3) is 2.72. The predicted molar refractivity (Wildman–Crippen MR) is 70.0 cm³/mol. The van der Waals surface area contributed by atoms with Crippen molar-refractivity contribution in [2.75, 3.05) is 12.0 Å². The lowest BCUT2D eigenvalue weighted by Gasteiger charge is -1.92. The summed E-state index contributed by atoms with van der Waals surface area (Å²) in [4.78, 5) is 14.4. The first-order valence-corrected chi connectivity index (χ1v) is 5.96. The predicted octanol–water partition coefficient (Wildman–Crippen LogP) is 2.60. The highest BCUT2D eigenvalue weighted by atomic mass is 32.1. The molecule has 0 saturated heterocycles. The fraction of sp³-hybridized carbons (Fsp3) is 0.200. The van der Waals surface area contributed by atoms with Crippen molar-refractivity contribution in [2.45, 2.75) is 6.92 Å². The molecule has 0 radical (unpaired) electrons. The molecule has 0 atom stereocenters. The number of nitro benzene ring substituents is 1. The summed E-state index contributed by atoms with van der Waals surface area (Å²) in [6.07, 6.45) is 1.29. The summed E-state index contributed by atoms with van der Waals surface area (Å²) in [5, 5.41) is 15.0. The van der Waals surface area contributed by atoms with Crippen molar-refractivity contribution in [1.29, 1.82) is 0 Å². The Bertz CT molecular complexity index is 596. The van der Waals surface area contributed by atoms with Crippen LogP contribution in [0.2, 0.25) is 0 Å². The zero-order chi connectivity index (χ0) is 13.0. The molecule has 94 valence electrons. The number of anilines is 1. The second-order valence-corrected chi connectivity index (χ2v) is 4.26. The second kappa shape index (κ2) is 5.41. The number of aromatic nitrogens is 1. The maximum Gasteiger partial charge on any atom is 0.270 e. The van der Waals surface area contributed by atoms with E-state index in [1.807, 2.05) is 6.92 Å². The molecule has 0 unspecified atom stereocenters. The van der Waals surface area contributed by atoms with E-state index in [0.717, 1.165) is 4.70 Å². The zero-order valence-corrected chi connectivity index (χ0v) is 10.3. The van der Waals surface area contributed by atoms with E-state index in [1.54, 1.807) is 6.07 Å². The number of rotatable bonds is 5. The van der Waals surface area contributed by atoms with Gasteiger partial charge in [-0.1, -0.05) is 11.3 Å². The average Bonchev–Trinajstić information content (AvgIpc) is 2.76. The molecule has 0 amide bonds. The molecule has 8 heteroatoms. The van der Waals surface area contributed by atoms with Crippen LogP contribution in [-0.4, -0.2) is 22.9 Å². The van der Waals surface area contributed by atoms with Crippen LogP contribution in [-0.2, 0) is 4.74 Å². The van der Waals surface area contributed by atoms with Gasteiger partial charge >= 0.3 is 0 Å². The number of nitro groups is 1.